The second kappa shape index (κ2) is 12.6. The number of nitrogens with one attached hydrogen (secondary N) is 2. The summed E-state index contributed by atoms with van der Waals surface area (Å²) in [6.45, 7) is 9.25. The van der Waals surface area contributed by atoms with Gasteiger partial charge in [-0.15, -0.1) is 24.0 Å². The van der Waals surface area contributed by atoms with E-state index < -0.39 is 0 Å². The molecule has 2 saturated heterocycles. The molecule has 2 N–H and O–H groups in total. The number of hydrogen-bond acceptors (Lipinski definition) is 4. The van der Waals surface area contributed by atoms with Crippen molar-refractivity contribution in [2.45, 2.75) is 58.0 Å². The molecule has 2 fully saturated rings. The molecule has 26 heavy (non-hydrogen) atoms. The number of carbonyl (C=O) groups is 1. The fourth-order valence-electron chi connectivity index (χ4n) is 3.73. The Balaban J connectivity index is 0.00000338. The molecule has 2 aliphatic rings. The van der Waals surface area contributed by atoms with Crippen LogP contribution in [0, 0.1) is 0 Å². The number of rotatable bonds is 5. The number of guanidine groups is 1. The van der Waals surface area contributed by atoms with E-state index in [1.54, 1.807) is 4.90 Å². The van der Waals surface area contributed by atoms with Crippen molar-refractivity contribution >= 4 is 36.0 Å². The summed E-state index contributed by atoms with van der Waals surface area (Å²) in [6, 6.07) is 0.952. The van der Waals surface area contributed by atoms with Gasteiger partial charge in [0.25, 0.3) is 0 Å². The Morgan fingerprint density at radius 1 is 1.15 bits per heavy atom. The van der Waals surface area contributed by atoms with Gasteiger partial charge >= 0.3 is 6.09 Å². The van der Waals surface area contributed by atoms with Crippen molar-refractivity contribution in [3.8, 4) is 0 Å². The van der Waals surface area contributed by atoms with Crippen molar-refractivity contribution in [1.82, 2.24) is 20.4 Å². The van der Waals surface area contributed by atoms with Gasteiger partial charge in [-0.2, -0.15) is 0 Å². The Morgan fingerprint density at radius 3 is 2.50 bits per heavy atom. The zero-order valence-corrected chi connectivity index (χ0v) is 18.8. The number of likely N-dealkylation sites (tertiary alicyclic amines) is 2. The first-order chi connectivity index (χ1) is 12.2. The van der Waals surface area contributed by atoms with Gasteiger partial charge in [0, 0.05) is 38.8 Å². The van der Waals surface area contributed by atoms with Crippen LogP contribution in [-0.4, -0.2) is 80.3 Å². The van der Waals surface area contributed by atoms with Gasteiger partial charge in [0.15, 0.2) is 5.96 Å². The molecular weight excluding hydrogens is 445 g/mol. The number of likely N-dealkylation sites (N-methyl/N-ethyl adjacent to an activating group) is 1. The van der Waals surface area contributed by atoms with Gasteiger partial charge in [0.2, 0.25) is 0 Å². The third-order valence-electron chi connectivity index (χ3n) is 5.25. The summed E-state index contributed by atoms with van der Waals surface area (Å²) in [6.07, 6.45) is 5.54. The zero-order chi connectivity index (χ0) is 18.1. The summed E-state index contributed by atoms with van der Waals surface area (Å²) >= 11 is 0. The molecule has 0 spiro atoms. The van der Waals surface area contributed by atoms with Crippen LogP contribution in [0.25, 0.3) is 0 Å². The average molecular weight is 481 g/mol. The predicted molar refractivity (Wildman–Crippen MR) is 116 cm³/mol. The maximum Gasteiger partial charge on any atom is 0.409 e. The Morgan fingerprint density at radius 2 is 1.88 bits per heavy atom. The van der Waals surface area contributed by atoms with Crippen molar-refractivity contribution in [2.75, 3.05) is 46.4 Å². The number of carbonyl (C=O) groups excluding carboxylic acids is 1. The standard InChI is InChI=1S/C18H35N5O2.HI/c1-4-22-11-7-6-8-16(22)14-20-17(19-3)21-15-9-12-23(13-10-15)18(24)25-5-2;/h15-16H,4-14H2,1-3H3,(H2,19,20,21);1H. The summed E-state index contributed by atoms with van der Waals surface area (Å²) < 4.78 is 5.07. The van der Waals surface area contributed by atoms with Crippen LogP contribution in [0.3, 0.4) is 0 Å². The van der Waals surface area contributed by atoms with E-state index in [2.05, 4.69) is 27.4 Å². The third-order valence-corrected chi connectivity index (χ3v) is 5.25. The van der Waals surface area contributed by atoms with Crippen LogP contribution in [0.5, 0.6) is 0 Å². The molecule has 0 radical (unpaired) electrons. The first kappa shape index (κ1) is 23.3. The van der Waals surface area contributed by atoms with Crippen LogP contribution in [0.1, 0.15) is 46.0 Å². The monoisotopic (exact) mass is 481 g/mol. The number of halogens is 1. The molecular formula is C18H36IN5O2. The van der Waals surface area contributed by atoms with E-state index in [4.69, 9.17) is 4.74 Å². The van der Waals surface area contributed by atoms with E-state index in [1.165, 1.54) is 25.8 Å². The first-order valence-corrected chi connectivity index (χ1v) is 9.80. The Labute approximate surface area is 175 Å². The highest BCUT2D eigenvalue weighted by Crippen LogP contribution is 2.16. The van der Waals surface area contributed by atoms with E-state index in [9.17, 15) is 4.79 Å². The number of ether oxygens (including phenoxy) is 1. The Kier molecular flexibility index (Phi) is 11.3. The van der Waals surface area contributed by atoms with Crippen LogP contribution in [0.2, 0.25) is 0 Å². The second-order valence-electron chi connectivity index (χ2n) is 6.84. The quantitative estimate of drug-likeness (QED) is 0.358. The minimum Gasteiger partial charge on any atom is -0.450 e. The molecule has 2 aliphatic heterocycles. The highest BCUT2D eigenvalue weighted by atomic mass is 127. The van der Waals surface area contributed by atoms with Gasteiger partial charge in [-0.1, -0.05) is 13.3 Å². The summed E-state index contributed by atoms with van der Waals surface area (Å²) in [4.78, 5) is 20.5. The number of hydrogen-bond donors (Lipinski definition) is 2. The van der Waals surface area contributed by atoms with Gasteiger partial charge in [-0.25, -0.2) is 4.79 Å². The molecule has 1 atom stereocenters. The summed E-state index contributed by atoms with van der Waals surface area (Å²) in [5, 5.41) is 7.01. The topological polar surface area (TPSA) is 69.2 Å². The maximum absolute atomic E-state index is 11.8. The molecule has 0 aromatic carbocycles. The molecule has 0 aromatic rings. The highest BCUT2D eigenvalue weighted by Gasteiger charge is 2.25. The molecule has 2 heterocycles. The fourth-order valence-corrected chi connectivity index (χ4v) is 3.73. The number of amides is 1. The van der Waals surface area contributed by atoms with E-state index in [0.717, 1.165) is 45.0 Å². The minimum absolute atomic E-state index is 0. The van der Waals surface area contributed by atoms with Crippen LogP contribution < -0.4 is 10.6 Å². The molecule has 152 valence electrons. The van der Waals surface area contributed by atoms with Crippen LogP contribution in [-0.2, 0) is 4.74 Å². The number of piperidine rings is 2. The van der Waals surface area contributed by atoms with Crippen molar-refractivity contribution in [3.63, 3.8) is 0 Å². The van der Waals surface area contributed by atoms with Crippen molar-refractivity contribution in [2.24, 2.45) is 4.99 Å². The van der Waals surface area contributed by atoms with Crippen LogP contribution in [0.15, 0.2) is 4.99 Å². The first-order valence-electron chi connectivity index (χ1n) is 9.80. The lowest BCUT2D eigenvalue weighted by Gasteiger charge is -2.36. The smallest absolute Gasteiger partial charge is 0.409 e. The van der Waals surface area contributed by atoms with Crippen molar-refractivity contribution in [3.05, 3.63) is 0 Å². The predicted octanol–water partition coefficient (Wildman–Crippen LogP) is 2.26. The third kappa shape index (κ3) is 7.09. The molecule has 1 amide bonds. The summed E-state index contributed by atoms with van der Waals surface area (Å²) in [5.74, 6) is 0.871. The lowest BCUT2D eigenvalue weighted by molar-refractivity contribution is 0.0962. The number of aliphatic imine (C=N–C) groups is 1. The molecule has 0 bridgehead atoms. The van der Waals surface area contributed by atoms with Crippen molar-refractivity contribution < 1.29 is 9.53 Å². The molecule has 7 nitrogen and oxygen atoms in total. The lowest BCUT2D eigenvalue weighted by Crippen LogP contribution is -2.52. The normalized spacial score (nSPS) is 22.5. The zero-order valence-electron chi connectivity index (χ0n) is 16.5. The SMILES string of the molecule is CCOC(=O)N1CCC(NC(=NC)NCC2CCCCN2CC)CC1.I. The molecule has 8 heteroatoms. The van der Waals surface area contributed by atoms with E-state index in [0.29, 0.717) is 18.7 Å². The molecule has 2 rings (SSSR count). The molecule has 0 aliphatic carbocycles. The van der Waals surface area contributed by atoms with E-state index in [1.807, 2.05) is 14.0 Å². The molecule has 1 unspecified atom stereocenters. The van der Waals surface area contributed by atoms with Gasteiger partial charge in [-0.05, 0) is 45.7 Å². The maximum atomic E-state index is 11.8. The van der Waals surface area contributed by atoms with Gasteiger partial charge < -0.3 is 20.3 Å². The van der Waals surface area contributed by atoms with Gasteiger partial charge in [-0.3, -0.25) is 9.89 Å². The van der Waals surface area contributed by atoms with Crippen LogP contribution in [0.4, 0.5) is 4.79 Å². The van der Waals surface area contributed by atoms with Crippen LogP contribution >= 0.6 is 24.0 Å². The van der Waals surface area contributed by atoms with Gasteiger partial charge in [0.05, 0.1) is 6.61 Å². The molecule has 0 saturated carbocycles. The lowest BCUT2D eigenvalue weighted by atomic mass is 10.0. The Hall–Kier alpha value is -0.770. The summed E-state index contributed by atoms with van der Waals surface area (Å²) in [5.41, 5.74) is 0. The summed E-state index contributed by atoms with van der Waals surface area (Å²) in [7, 11) is 1.82. The average Bonchev–Trinajstić information content (AvgIpc) is 2.66. The minimum atomic E-state index is -0.194. The Bertz CT molecular complexity index is 441. The largest absolute Gasteiger partial charge is 0.450 e. The number of nitrogens with zero attached hydrogens (tertiary/aromatic N) is 3. The second-order valence-corrected chi connectivity index (χ2v) is 6.84. The highest BCUT2D eigenvalue weighted by molar-refractivity contribution is 14.0. The van der Waals surface area contributed by atoms with Crippen molar-refractivity contribution in [1.29, 1.82) is 0 Å². The van der Waals surface area contributed by atoms with E-state index in [-0.39, 0.29) is 30.1 Å². The fraction of sp³-hybridized carbons (Fsp3) is 0.889. The molecule has 0 aromatic heterocycles. The van der Waals surface area contributed by atoms with Gasteiger partial charge in [0.1, 0.15) is 0 Å². The van der Waals surface area contributed by atoms with E-state index >= 15 is 0 Å².